The van der Waals surface area contributed by atoms with Crippen molar-refractivity contribution in [3.63, 3.8) is 0 Å². The molecule has 1 aliphatic carbocycles. The van der Waals surface area contributed by atoms with Crippen molar-refractivity contribution < 1.29 is 17.6 Å². The van der Waals surface area contributed by atoms with Crippen LogP contribution in [0, 0.1) is 5.82 Å². The van der Waals surface area contributed by atoms with E-state index in [4.69, 9.17) is 0 Å². The van der Waals surface area contributed by atoms with Gasteiger partial charge in [-0.05, 0) is 37.5 Å². The second-order valence-electron chi connectivity index (χ2n) is 6.38. The highest BCUT2D eigenvalue weighted by Gasteiger charge is 2.40. The summed E-state index contributed by atoms with van der Waals surface area (Å²) >= 11 is 0. The Bertz CT molecular complexity index is 667. The molecule has 1 N–H and O–H groups in total. The molecule has 1 amide bonds. The van der Waals surface area contributed by atoms with Gasteiger partial charge in [0, 0.05) is 26.1 Å². The minimum absolute atomic E-state index is 0.228. The Kier molecular flexibility index (Phi) is 5.10. The van der Waals surface area contributed by atoms with Crippen LogP contribution in [0.2, 0.25) is 0 Å². The van der Waals surface area contributed by atoms with E-state index >= 15 is 0 Å². The number of nitrogens with one attached hydrogen (secondary N) is 1. The fraction of sp³-hybridized carbons (Fsp3) is 0.562. The van der Waals surface area contributed by atoms with E-state index in [2.05, 4.69) is 4.72 Å². The van der Waals surface area contributed by atoms with Gasteiger partial charge in [-0.1, -0.05) is 18.6 Å². The standard InChI is InChI=1S/C16H23FN2O3S/c1-12(15(20)19(2)3)23(21,22)18-11-16(9-4-10-16)13-5-7-14(17)8-6-13/h5-8,12,18H,4,9-11H2,1-3H3. The van der Waals surface area contributed by atoms with Crippen molar-refractivity contribution in [1.29, 1.82) is 0 Å². The molecule has 1 atom stereocenters. The minimum Gasteiger partial charge on any atom is -0.348 e. The van der Waals surface area contributed by atoms with E-state index in [1.54, 1.807) is 12.1 Å². The molecule has 1 aliphatic rings. The van der Waals surface area contributed by atoms with Crippen LogP contribution in [-0.4, -0.2) is 45.1 Å². The lowest BCUT2D eigenvalue weighted by molar-refractivity contribution is -0.127. The van der Waals surface area contributed by atoms with Gasteiger partial charge in [0.05, 0.1) is 0 Å². The predicted molar refractivity (Wildman–Crippen MR) is 87.0 cm³/mol. The Labute approximate surface area is 136 Å². The number of sulfonamides is 1. The van der Waals surface area contributed by atoms with Crippen molar-refractivity contribution >= 4 is 15.9 Å². The third-order valence-corrected chi connectivity index (χ3v) is 6.31. The van der Waals surface area contributed by atoms with Gasteiger partial charge in [0.2, 0.25) is 15.9 Å². The van der Waals surface area contributed by atoms with Crippen molar-refractivity contribution in [3.05, 3.63) is 35.6 Å². The van der Waals surface area contributed by atoms with Gasteiger partial charge in [-0.15, -0.1) is 0 Å². The SMILES string of the molecule is CC(C(=O)N(C)C)S(=O)(=O)NCC1(c2ccc(F)cc2)CCC1. The highest BCUT2D eigenvalue weighted by molar-refractivity contribution is 7.90. The third-order valence-electron chi connectivity index (χ3n) is 4.63. The molecule has 1 aromatic rings. The van der Waals surface area contributed by atoms with E-state index in [1.807, 2.05) is 0 Å². The van der Waals surface area contributed by atoms with Crippen LogP contribution in [0.25, 0.3) is 0 Å². The molecule has 0 saturated heterocycles. The monoisotopic (exact) mass is 342 g/mol. The molecule has 0 aromatic heterocycles. The Morgan fingerprint density at radius 3 is 2.30 bits per heavy atom. The van der Waals surface area contributed by atoms with Gasteiger partial charge in [-0.25, -0.2) is 17.5 Å². The van der Waals surface area contributed by atoms with Gasteiger partial charge in [0.25, 0.3) is 0 Å². The molecule has 5 nitrogen and oxygen atoms in total. The summed E-state index contributed by atoms with van der Waals surface area (Å²) in [5.41, 5.74) is 0.626. The highest BCUT2D eigenvalue weighted by atomic mass is 32.2. The van der Waals surface area contributed by atoms with Crippen LogP contribution in [0.15, 0.2) is 24.3 Å². The quantitative estimate of drug-likeness (QED) is 0.855. The molecule has 1 aromatic carbocycles. The van der Waals surface area contributed by atoms with Crippen molar-refractivity contribution in [3.8, 4) is 0 Å². The Morgan fingerprint density at radius 2 is 1.87 bits per heavy atom. The summed E-state index contributed by atoms with van der Waals surface area (Å²) in [5.74, 6) is -0.768. The molecule has 0 spiro atoms. The molecule has 2 rings (SSSR count). The first-order chi connectivity index (χ1) is 10.7. The molecule has 0 heterocycles. The zero-order valence-corrected chi connectivity index (χ0v) is 14.5. The number of hydrogen-bond acceptors (Lipinski definition) is 3. The Morgan fingerprint density at radius 1 is 1.30 bits per heavy atom. The lowest BCUT2D eigenvalue weighted by atomic mass is 9.64. The summed E-state index contributed by atoms with van der Waals surface area (Å²) in [6, 6.07) is 6.19. The number of halogens is 1. The molecule has 23 heavy (non-hydrogen) atoms. The topological polar surface area (TPSA) is 66.5 Å². The summed E-state index contributed by atoms with van der Waals surface area (Å²) in [6.07, 6.45) is 2.69. The fourth-order valence-corrected chi connectivity index (χ4v) is 4.04. The molecule has 0 bridgehead atoms. The number of carbonyl (C=O) groups is 1. The van der Waals surface area contributed by atoms with Crippen LogP contribution in [0.1, 0.15) is 31.7 Å². The van der Waals surface area contributed by atoms with Gasteiger partial charge in [-0.3, -0.25) is 4.79 Å². The fourth-order valence-electron chi connectivity index (χ4n) is 2.83. The Balaban J connectivity index is 2.11. The van der Waals surface area contributed by atoms with E-state index < -0.39 is 21.2 Å². The van der Waals surface area contributed by atoms with Gasteiger partial charge in [-0.2, -0.15) is 0 Å². The molecule has 1 saturated carbocycles. The van der Waals surface area contributed by atoms with E-state index in [0.717, 1.165) is 24.8 Å². The normalized spacial score (nSPS) is 18.1. The smallest absolute Gasteiger partial charge is 0.241 e. The minimum atomic E-state index is -3.75. The average Bonchev–Trinajstić information content (AvgIpc) is 2.46. The maximum absolute atomic E-state index is 13.1. The molecule has 0 radical (unpaired) electrons. The van der Waals surface area contributed by atoms with E-state index in [1.165, 1.54) is 38.1 Å². The van der Waals surface area contributed by atoms with Crippen LogP contribution in [0.3, 0.4) is 0 Å². The van der Waals surface area contributed by atoms with Crippen molar-refractivity contribution in [2.75, 3.05) is 20.6 Å². The zero-order chi connectivity index (χ0) is 17.3. The molecule has 1 fully saturated rings. The predicted octanol–water partition coefficient (Wildman–Crippen LogP) is 1.64. The third kappa shape index (κ3) is 3.72. The van der Waals surface area contributed by atoms with Gasteiger partial charge in [0.1, 0.15) is 5.82 Å². The maximum atomic E-state index is 13.1. The van der Waals surface area contributed by atoms with Crippen LogP contribution in [-0.2, 0) is 20.2 Å². The number of rotatable bonds is 6. The Hall–Kier alpha value is -1.47. The van der Waals surface area contributed by atoms with Gasteiger partial charge in [0.15, 0.2) is 5.25 Å². The lowest BCUT2D eigenvalue weighted by Gasteiger charge is -2.42. The second-order valence-corrected chi connectivity index (χ2v) is 8.47. The van der Waals surface area contributed by atoms with Crippen LogP contribution in [0.5, 0.6) is 0 Å². The summed E-state index contributed by atoms with van der Waals surface area (Å²) in [4.78, 5) is 13.1. The number of carbonyl (C=O) groups excluding carboxylic acids is 1. The summed E-state index contributed by atoms with van der Waals surface area (Å²) < 4.78 is 40.3. The number of amides is 1. The first-order valence-corrected chi connectivity index (χ1v) is 9.18. The van der Waals surface area contributed by atoms with E-state index in [-0.39, 0.29) is 17.8 Å². The lowest BCUT2D eigenvalue weighted by Crippen LogP contribution is -2.49. The van der Waals surface area contributed by atoms with Gasteiger partial charge >= 0.3 is 0 Å². The zero-order valence-electron chi connectivity index (χ0n) is 13.7. The number of nitrogens with zero attached hydrogens (tertiary/aromatic N) is 1. The number of hydrogen-bond donors (Lipinski definition) is 1. The van der Waals surface area contributed by atoms with Crippen molar-refractivity contribution in [2.24, 2.45) is 0 Å². The number of benzene rings is 1. The summed E-state index contributed by atoms with van der Waals surface area (Å²) in [5, 5.41) is -1.14. The summed E-state index contributed by atoms with van der Waals surface area (Å²) in [6.45, 7) is 1.61. The van der Waals surface area contributed by atoms with Gasteiger partial charge < -0.3 is 4.90 Å². The maximum Gasteiger partial charge on any atom is 0.241 e. The average molecular weight is 342 g/mol. The van der Waals surface area contributed by atoms with Crippen LogP contribution in [0.4, 0.5) is 4.39 Å². The van der Waals surface area contributed by atoms with E-state index in [0.29, 0.717) is 0 Å². The molecule has 0 aliphatic heterocycles. The van der Waals surface area contributed by atoms with Crippen molar-refractivity contribution in [1.82, 2.24) is 9.62 Å². The molecule has 128 valence electrons. The van der Waals surface area contributed by atoms with Crippen molar-refractivity contribution in [2.45, 2.75) is 36.9 Å². The molecular weight excluding hydrogens is 319 g/mol. The molecular formula is C16H23FN2O3S. The largest absolute Gasteiger partial charge is 0.348 e. The van der Waals surface area contributed by atoms with E-state index in [9.17, 15) is 17.6 Å². The molecule has 7 heteroatoms. The van der Waals surface area contributed by atoms with Crippen LogP contribution >= 0.6 is 0 Å². The first-order valence-electron chi connectivity index (χ1n) is 7.64. The summed E-state index contributed by atoms with van der Waals surface area (Å²) in [7, 11) is -0.689. The first kappa shape index (κ1) is 17.9. The van der Waals surface area contributed by atoms with Crippen LogP contribution < -0.4 is 4.72 Å². The molecule has 1 unspecified atom stereocenters. The highest BCUT2D eigenvalue weighted by Crippen LogP contribution is 2.43. The second kappa shape index (κ2) is 6.57.